The lowest BCUT2D eigenvalue weighted by atomic mass is 10.3. The molecule has 0 aliphatic heterocycles. The summed E-state index contributed by atoms with van der Waals surface area (Å²) in [7, 11) is 0. The van der Waals surface area contributed by atoms with E-state index in [-0.39, 0.29) is 5.96 Å². The standard InChI is InChI=1S/C6H13N3O/c7-6(9-10)8-5-3-1-2-4-5/h5,10H,1-4H2,(H3,7,8,9). The SMILES string of the molecule is NC(=NC1CCCC1)NO. The first kappa shape index (κ1) is 7.34. The second kappa shape index (κ2) is 3.41. The first-order valence-electron chi connectivity index (χ1n) is 3.56. The quantitative estimate of drug-likeness (QED) is 0.279. The fraction of sp³-hybridized carbons (Fsp3) is 0.833. The summed E-state index contributed by atoms with van der Waals surface area (Å²) in [4.78, 5) is 4.03. The third-order valence-corrected chi connectivity index (χ3v) is 1.76. The Labute approximate surface area is 60.1 Å². The highest BCUT2D eigenvalue weighted by molar-refractivity contribution is 5.76. The molecule has 0 aromatic heterocycles. The Hall–Kier alpha value is -0.770. The number of nitrogens with zero attached hydrogens (tertiary/aromatic N) is 1. The summed E-state index contributed by atoms with van der Waals surface area (Å²) in [5.41, 5.74) is 7.06. The van der Waals surface area contributed by atoms with Gasteiger partial charge in [-0.15, -0.1) is 0 Å². The fourth-order valence-corrected chi connectivity index (χ4v) is 1.26. The van der Waals surface area contributed by atoms with Crippen molar-refractivity contribution >= 4 is 5.96 Å². The van der Waals surface area contributed by atoms with Gasteiger partial charge in [0.25, 0.3) is 0 Å². The minimum absolute atomic E-state index is 0.131. The molecule has 0 atom stereocenters. The van der Waals surface area contributed by atoms with Gasteiger partial charge >= 0.3 is 0 Å². The molecule has 0 spiro atoms. The zero-order valence-electron chi connectivity index (χ0n) is 5.88. The van der Waals surface area contributed by atoms with Crippen LogP contribution in [0.5, 0.6) is 0 Å². The molecule has 0 amide bonds. The molecule has 4 N–H and O–H groups in total. The molecule has 58 valence electrons. The molecule has 1 rings (SSSR count). The summed E-state index contributed by atoms with van der Waals surface area (Å²) < 4.78 is 0. The molecular weight excluding hydrogens is 130 g/mol. The molecule has 0 aromatic rings. The highest BCUT2D eigenvalue weighted by atomic mass is 16.5. The summed E-state index contributed by atoms with van der Waals surface area (Å²) in [6.45, 7) is 0. The van der Waals surface area contributed by atoms with Gasteiger partial charge in [0.1, 0.15) is 0 Å². The van der Waals surface area contributed by atoms with E-state index in [9.17, 15) is 0 Å². The molecule has 1 fully saturated rings. The van der Waals surface area contributed by atoms with Crippen LogP contribution in [-0.2, 0) is 0 Å². The average Bonchev–Trinajstić information content (AvgIpc) is 2.40. The van der Waals surface area contributed by atoms with Crippen LogP contribution in [-0.4, -0.2) is 17.2 Å². The number of hydroxylamine groups is 1. The minimum Gasteiger partial charge on any atom is -0.368 e. The van der Waals surface area contributed by atoms with Crippen molar-refractivity contribution in [1.82, 2.24) is 5.48 Å². The van der Waals surface area contributed by atoms with Crippen LogP contribution in [0, 0.1) is 0 Å². The normalized spacial score (nSPS) is 21.5. The Morgan fingerprint density at radius 2 is 2.10 bits per heavy atom. The molecule has 0 heterocycles. The lowest BCUT2D eigenvalue weighted by Gasteiger charge is -2.02. The van der Waals surface area contributed by atoms with Crippen LogP contribution in [0.1, 0.15) is 25.7 Å². The van der Waals surface area contributed by atoms with Crippen LogP contribution >= 0.6 is 0 Å². The molecule has 1 aliphatic carbocycles. The van der Waals surface area contributed by atoms with Gasteiger partial charge in [-0.1, -0.05) is 12.8 Å². The zero-order chi connectivity index (χ0) is 7.40. The minimum atomic E-state index is 0.131. The highest BCUT2D eigenvalue weighted by Gasteiger charge is 2.13. The van der Waals surface area contributed by atoms with Gasteiger partial charge in [-0.25, -0.2) is 10.5 Å². The Kier molecular flexibility index (Phi) is 2.50. The summed E-state index contributed by atoms with van der Waals surface area (Å²) in [6.07, 6.45) is 4.66. The zero-order valence-corrected chi connectivity index (χ0v) is 5.88. The maximum Gasteiger partial charge on any atom is 0.213 e. The van der Waals surface area contributed by atoms with Gasteiger partial charge in [-0.2, -0.15) is 0 Å². The van der Waals surface area contributed by atoms with Crippen LogP contribution in [0.4, 0.5) is 0 Å². The number of nitrogens with one attached hydrogen (secondary N) is 1. The van der Waals surface area contributed by atoms with E-state index in [4.69, 9.17) is 10.9 Å². The topological polar surface area (TPSA) is 70.6 Å². The molecule has 10 heavy (non-hydrogen) atoms. The molecule has 1 aliphatic rings. The van der Waals surface area contributed by atoms with Crippen LogP contribution in [0.2, 0.25) is 0 Å². The van der Waals surface area contributed by atoms with Crippen molar-refractivity contribution in [2.24, 2.45) is 10.7 Å². The number of rotatable bonds is 1. The van der Waals surface area contributed by atoms with Crippen molar-refractivity contribution in [3.8, 4) is 0 Å². The lowest BCUT2D eigenvalue weighted by Crippen LogP contribution is -2.29. The Morgan fingerprint density at radius 1 is 1.50 bits per heavy atom. The molecule has 0 unspecified atom stereocenters. The average molecular weight is 143 g/mol. The van der Waals surface area contributed by atoms with Gasteiger partial charge in [0.2, 0.25) is 5.96 Å². The van der Waals surface area contributed by atoms with E-state index in [0.717, 1.165) is 12.8 Å². The van der Waals surface area contributed by atoms with Gasteiger partial charge in [0.15, 0.2) is 0 Å². The van der Waals surface area contributed by atoms with Gasteiger partial charge < -0.3 is 5.73 Å². The van der Waals surface area contributed by atoms with Crippen molar-refractivity contribution in [1.29, 1.82) is 0 Å². The monoisotopic (exact) mass is 143 g/mol. The molecule has 0 saturated heterocycles. The first-order chi connectivity index (χ1) is 4.83. The number of nitrogens with two attached hydrogens (primary N) is 1. The molecular formula is C6H13N3O. The predicted octanol–water partition coefficient (Wildman–Crippen LogP) is 0.222. The smallest absolute Gasteiger partial charge is 0.213 e. The molecule has 0 bridgehead atoms. The maximum atomic E-state index is 8.29. The summed E-state index contributed by atoms with van der Waals surface area (Å²) in [6, 6.07) is 0.333. The van der Waals surface area contributed by atoms with Crippen LogP contribution < -0.4 is 11.2 Å². The van der Waals surface area contributed by atoms with Crippen LogP contribution in [0.15, 0.2) is 4.99 Å². The fourth-order valence-electron chi connectivity index (χ4n) is 1.26. The Balaban J connectivity index is 2.34. The van der Waals surface area contributed by atoms with E-state index in [1.807, 2.05) is 5.48 Å². The first-order valence-corrected chi connectivity index (χ1v) is 3.56. The third kappa shape index (κ3) is 1.88. The second-order valence-corrected chi connectivity index (χ2v) is 2.56. The van der Waals surface area contributed by atoms with E-state index in [0.29, 0.717) is 6.04 Å². The van der Waals surface area contributed by atoms with Crippen molar-refractivity contribution < 1.29 is 5.21 Å². The van der Waals surface area contributed by atoms with E-state index in [1.165, 1.54) is 12.8 Å². The van der Waals surface area contributed by atoms with Crippen molar-refractivity contribution in [3.05, 3.63) is 0 Å². The van der Waals surface area contributed by atoms with Crippen molar-refractivity contribution in [3.63, 3.8) is 0 Å². The summed E-state index contributed by atoms with van der Waals surface area (Å²) >= 11 is 0. The Bertz CT molecular complexity index is 129. The number of guanidine groups is 1. The highest BCUT2D eigenvalue weighted by Crippen LogP contribution is 2.20. The Morgan fingerprint density at radius 3 is 2.60 bits per heavy atom. The number of aliphatic imine (C=N–C) groups is 1. The predicted molar refractivity (Wildman–Crippen MR) is 38.8 cm³/mol. The molecule has 0 aromatic carbocycles. The van der Waals surface area contributed by atoms with Gasteiger partial charge in [-0.05, 0) is 12.8 Å². The largest absolute Gasteiger partial charge is 0.368 e. The molecule has 4 heteroatoms. The second-order valence-electron chi connectivity index (χ2n) is 2.56. The van der Waals surface area contributed by atoms with Crippen LogP contribution in [0.25, 0.3) is 0 Å². The van der Waals surface area contributed by atoms with Crippen molar-refractivity contribution in [2.75, 3.05) is 0 Å². The van der Waals surface area contributed by atoms with Crippen molar-refractivity contribution in [2.45, 2.75) is 31.7 Å². The maximum absolute atomic E-state index is 8.29. The number of hydrogen-bond acceptors (Lipinski definition) is 2. The van der Waals surface area contributed by atoms with Gasteiger partial charge in [-0.3, -0.25) is 5.21 Å². The van der Waals surface area contributed by atoms with E-state index in [1.54, 1.807) is 0 Å². The van der Waals surface area contributed by atoms with E-state index >= 15 is 0 Å². The van der Waals surface area contributed by atoms with E-state index < -0.39 is 0 Å². The molecule has 0 radical (unpaired) electrons. The van der Waals surface area contributed by atoms with E-state index in [2.05, 4.69) is 4.99 Å². The summed E-state index contributed by atoms with van der Waals surface area (Å²) in [5.74, 6) is 0.131. The lowest BCUT2D eigenvalue weighted by molar-refractivity contribution is 0.232. The number of hydrogen-bond donors (Lipinski definition) is 3. The van der Waals surface area contributed by atoms with Crippen LogP contribution in [0.3, 0.4) is 0 Å². The molecule has 1 saturated carbocycles. The molecule has 4 nitrogen and oxygen atoms in total. The van der Waals surface area contributed by atoms with Gasteiger partial charge in [0, 0.05) is 0 Å². The summed E-state index contributed by atoms with van der Waals surface area (Å²) in [5, 5.41) is 8.29. The van der Waals surface area contributed by atoms with Gasteiger partial charge in [0.05, 0.1) is 6.04 Å². The third-order valence-electron chi connectivity index (χ3n) is 1.76.